The monoisotopic (exact) mass is 252 g/mol. The van der Waals surface area contributed by atoms with Crippen molar-refractivity contribution in [2.45, 2.75) is 13.5 Å². The van der Waals surface area contributed by atoms with E-state index in [9.17, 15) is 0 Å². The molecule has 4 nitrogen and oxygen atoms in total. The molecule has 0 fully saturated rings. The molecule has 3 aromatic rings. The minimum atomic E-state index is 0.874. The van der Waals surface area contributed by atoms with Crippen LogP contribution in [0, 0.1) is 6.92 Å². The Morgan fingerprint density at radius 1 is 1.16 bits per heavy atom. The number of aromatic nitrogens is 3. The van der Waals surface area contributed by atoms with Crippen LogP contribution in [0.2, 0.25) is 0 Å². The van der Waals surface area contributed by atoms with E-state index in [0.29, 0.717) is 0 Å². The molecule has 0 bridgehead atoms. The number of hydrogen-bond donors (Lipinski definition) is 1. The van der Waals surface area contributed by atoms with Crippen LogP contribution < -0.4 is 5.32 Å². The van der Waals surface area contributed by atoms with E-state index in [4.69, 9.17) is 0 Å². The van der Waals surface area contributed by atoms with E-state index in [1.807, 2.05) is 36.0 Å². The molecule has 0 radical (unpaired) electrons. The summed E-state index contributed by atoms with van der Waals surface area (Å²) in [6.07, 6.45) is 0. The summed E-state index contributed by atoms with van der Waals surface area (Å²) in [4.78, 5) is 0. The Balaban J connectivity index is 2.11. The van der Waals surface area contributed by atoms with Crippen LogP contribution in [0.25, 0.3) is 16.7 Å². The lowest BCUT2D eigenvalue weighted by molar-refractivity contribution is 0.804. The smallest absolute Gasteiger partial charge is 0.113 e. The summed E-state index contributed by atoms with van der Waals surface area (Å²) in [7, 11) is 1.95. The lowest BCUT2D eigenvalue weighted by atomic mass is 10.1. The maximum Gasteiger partial charge on any atom is 0.113 e. The highest BCUT2D eigenvalue weighted by Gasteiger charge is 2.08. The standard InChI is InChI=1S/C15H16N4/c1-11-9-12(10-16-2)7-8-14(11)19-15-6-4-3-5-13(15)17-18-19/h3-9,16H,10H2,1-2H3. The van der Waals surface area contributed by atoms with Gasteiger partial charge in [-0.2, -0.15) is 0 Å². The second kappa shape index (κ2) is 4.82. The zero-order valence-electron chi connectivity index (χ0n) is 11.1. The van der Waals surface area contributed by atoms with E-state index in [2.05, 4.69) is 40.8 Å². The topological polar surface area (TPSA) is 42.7 Å². The number of para-hydroxylation sites is 1. The van der Waals surface area contributed by atoms with Crippen LogP contribution in [0.1, 0.15) is 11.1 Å². The number of nitrogens with zero attached hydrogens (tertiary/aromatic N) is 3. The zero-order valence-corrected chi connectivity index (χ0v) is 11.1. The third kappa shape index (κ3) is 2.11. The van der Waals surface area contributed by atoms with Gasteiger partial charge in [0.1, 0.15) is 5.52 Å². The Labute approximate surface area is 112 Å². The van der Waals surface area contributed by atoms with Crippen molar-refractivity contribution in [1.82, 2.24) is 20.3 Å². The van der Waals surface area contributed by atoms with Crippen molar-refractivity contribution in [3.8, 4) is 5.69 Å². The van der Waals surface area contributed by atoms with Crippen molar-refractivity contribution < 1.29 is 0 Å². The van der Waals surface area contributed by atoms with E-state index in [1.54, 1.807) is 0 Å². The van der Waals surface area contributed by atoms with Crippen LogP contribution in [0.15, 0.2) is 42.5 Å². The van der Waals surface area contributed by atoms with Crippen LogP contribution >= 0.6 is 0 Å². The summed E-state index contributed by atoms with van der Waals surface area (Å²) in [6, 6.07) is 14.4. The maximum atomic E-state index is 4.25. The first-order valence-corrected chi connectivity index (χ1v) is 6.34. The largest absolute Gasteiger partial charge is 0.316 e. The summed E-state index contributed by atoms with van der Waals surface area (Å²) < 4.78 is 1.90. The minimum Gasteiger partial charge on any atom is -0.316 e. The Bertz CT molecular complexity index is 715. The summed E-state index contributed by atoms with van der Waals surface area (Å²) in [5, 5.41) is 11.6. The number of benzene rings is 2. The second-order valence-corrected chi connectivity index (χ2v) is 4.64. The molecule has 0 aliphatic carbocycles. The molecule has 1 N–H and O–H groups in total. The molecule has 0 saturated heterocycles. The molecule has 0 atom stereocenters. The molecule has 0 unspecified atom stereocenters. The Morgan fingerprint density at radius 3 is 2.79 bits per heavy atom. The molecule has 1 aromatic heterocycles. The summed E-state index contributed by atoms with van der Waals surface area (Å²) >= 11 is 0. The van der Waals surface area contributed by atoms with Crippen LogP contribution in [-0.2, 0) is 6.54 Å². The fourth-order valence-electron chi connectivity index (χ4n) is 2.32. The third-order valence-corrected chi connectivity index (χ3v) is 3.22. The quantitative estimate of drug-likeness (QED) is 0.778. The second-order valence-electron chi connectivity index (χ2n) is 4.64. The van der Waals surface area contributed by atoms with Crippen molar-refractivity contribution in [3.63, 3.8) is 0 Å². The van der Waals surface area contributed by atoms with Gasteiger partial charge in [0.05, 0.1) is 11.2 Å². The number of rotatable bonds is 3. The third-order valence-electron chi connectivity index (χ3n) is 3.22. The predicted molar refractivity (Wildman–Crippen MR) is 76.4 cm³/mol. The molecular formula is C15H16N4. The highest BCUT2D eigenvalue weighted by Crippen LogP contribution is 2.20. The fraction of sp³-hybridized carbons (Fsp3) is 0.200. The average Bonchev–Trinajstić information content (AvgIpc) is 2.83. The van der Waals surface area contributed by atoms with Gasteiger partial charge in [-0.3, -0.25) is 0 Å². The molecule has 2 aromatic carbocycles. The number of fused-ring (bicyclic) bond motifs is 1. The van der Waals surface area contributed by atoms with Crippen LogP contribution in [0.4, 0.5) is 0 Å². The lowest BCUT2D eigenvalue weighted by Crippen LogP contribution is -2.06. The predicted octanol–water partition coefficient (Wildman–Crippen LogP) is 2.45. The Hall–Kier alpha value is -2.20. The molecule has 0 aliphatic heterocycles. The Morgan fingerprint density at radius 2 is 2.00 bits per heavy atom. The van der Waals surface area contributed by atoms with Gasteiger partial charge in [0.2, 0.25) is 0 Å². The highest BCUT2D eigenvalue weighted by molar-refractivity contribution is 5.76. The van der Waals surface area contributed by atoms with E-state index in [-0.39, 0.29) is 0 Å². The molecule has 3 rings (SSSR count). The summed E-state index contributed by atoms with van der Waals surface area (Å²) in [5.41, 5.74) is 5.50. The Kier molecular flexibility index (Phi) is 3.01. The van der Waals surface area contributed by atoms with Crippen molar-refractivity contribution >= 4 is 11.0 Å². The molecule has 0 amide bonds. The zero-order chi connectivity index (χ0) is 13.2. The van der Waals surface area contributed by atoms with E-state index >= 15 is 0 Å². The lowest BCUT2D eigenvalue weighted by Gasteiger charge is -2.08. The molecule has 0 spiro atoms. The van der Waals surface area contributed by atoms with Crippen molar-refractivity contribution in [3.05, 3.63) is 53.6 Å². The van der Waals surface area contributed by atoms with Gasteiger partial charge in [0.25, 0.3) is 0 Å². The van der Waals surface area contributed by atoms with Gasteiger partial charge in [0.15, 0.2) is 0 Å². The molecule has 0 saturated carbocycles. The maximum absolute atomic E-state index is 4.25. The highest BCUT2D eigenvalue weighted by atomic mass is 15.4. The minimum absolute atomic E-state index is 0.874. The van der Waals surface area contributed by atoms with Crippen LogP contribution in [0.5, 0.6) is 0 Å². The van der Waals surface area contributed by atoms with Gasteiger partial charge in [-0.1, -0.05) is 29.5 Å². The fourth-order valence-corrected chi connectivity index (χ4v) is 2.32. The van der Waals surface area contributed by atoms with Gasteiger partial charge < -0.3 is 5.32 Å². The molecule has 96 valence electrons. The van der Waals surface area contributed by atoms with Crippen molar-refractivity contribution in [1.29, 1.82) is 0 Å². The van der Waals surface area contributed by atoms with Crippen LogP contribution in [-0.4, -0.2) is 22.0 Å². The van der Waals surface area contributed by atoms with E-state index < -0.39 is 0 Å². The first-order chi connectivity index (χ1) is 9.29. The van der Waals surface area contributed by atoms with Crippen molar-refractivity contribution in [2.75, 3.05) is 7.05 Å². The van der Waals surface area contributed by atoms with E-state index in [1.165, 1.54) is 11.1 Å². The first kappa shape index (κ1) is 11.9. The number of hydrogen-bond acceptors (Lipinski definition) is 3. The van der Waals surface area contributed by atoms with Gasteiger partial charge >= 0.3 is 0 Å². The average molecular weight is 252 g/mol. The van der Waals surface area contributed by atoms with Crippen LogP contribution in [0.3, 0.4) is 0 Å². The summed E-state index contributed by atoms with van der Waals surface area (Å²) in [6.45, 7) is 2.98. The SMILES string of the molecule is CNCc1ccc(-n2nnc3ccccc32)c(C)c1. The van der Waals surface area contributed by atoms with Gasteiger partial charge in [0, 0.05) is 6.54 Å². The van der Waals surface area contributed by atoms with Crippen molar-refractivity contribution in [2.24, 2.45) is 0 Å². The number of aryl methyl sites for hydroxylation is 1. The number of nitrogens with one attached hydrogen (secondary N) is 1. The molecular weight excluding hydrogens is 236 g/mol. The molecule has 4 heteroatoms. The molecule has 1 heterocycles. The molecule has 19 heavy (non-hydrogen) atoms. The van der Waals surface area contributed by atoms with Gasteiger partial charge in [-0.25, -0.2) is 4.68 Å². The summed E-state index contributed by atoms with van der Waals surface area (Å²) in [5.74, 6) is 0. The first-order valence-electron chi connectivity index (χ1n) is 6.34. The normalized spacial score (nSPS) is 11.1. The van der Waals surface area contributed by atoms with Gasteiger partial charge in [-0.15, -0.1) is 5.10 Å². The van der Waals surface area contributed by atoms with E-state index in [0.717, 1.165) is 23.3 Å². The van der Waals surface area contributed by atoms with Gasteiger partial charge in [-0.05, 0) is 43.3 Å². The molecule has 0 aliphatic rings.